The Bertz CT molecular complexity index is 1040. The second-order valence-corrected chi connectivity index (χ2v) is 7.99. The maximum Gasteiger partial charge on any atom is 0.419 e. The molecule has 1 aromatic carbocycles. The van der Waals surface area contributed by atoms with Crippen LogP contribution in [0.5, 0.6) is 0 Å². The average molecular weight is 484 g/mol. The highest BCUT2D eigenvalue weighted by molar-refractivity contribution is 5.79. The van der Waals surface area contributed by atoms with E-state index in [9.17, 15) is 22.4 Å². The number of benzene rings is 1. The molecule has 2 aromatic rings. The van der Waals surface area contributed by atoms with Gasteiger partial charge in [-0.2, -0.15) is 13.2 Å². The number of nitrogens with one attached hydrogen (secondary N) is 2. The molecule has 2 aliphatic rings. The fourth-order valence-electron chi connectivity index (χ4n) is 3.87. The number of ether oxygens (including phenoxy) is 3. The lowest BCUT2D eigenvalue weighted by molar-refractivity contribution is -0.140. The molecule has 3 heterocycles. The summed E-state index contributed by atoms with van der Waals surface area (Å²) in [5.74, 6) is -1.12. The first-order valence-corrected chi connectivity index (χ1v) is 10.8. The third kappa shape index (κ3) is 5.62. The van der Waals surface area contributed by atoms with E-state index in [1.807, 2.05) is 0 Å². The van der Waals surface area contributed by atoms with E-state index in [0.717, 1.165) is 6.07 Å². The van der Waals surface area contributed by atoms with Crippen LogP contribution in [-0.4, -0.2) is 48.3 Å². The van der Waals surface area contributed by atoms with Crippen LogP contribution in [0, 0.1) is 12.7 Å². The largest absolute Gasteiger partial charge is 0.419 e. The molecule has 1 atom stereocenters. The topological polar surface area (TPSA) is 94.6 Å². The van der Waals surface area contributed by atoms with Crippen LogP contribution in [0.4, 0.5) is 23.4 Å². The van der Waals surface area contributed by atoms with Crippen molar-refractivity contribution in [3.05, 3.63) is 52.2 Å². The lowest BCUT2D eigenvalue weighted by Crippen LogP contribution is -2.36. The number of aromatic nitrogens is 2. The van der Waals surface area contributed by atoms with Gasteiger partial charge in [-0.05, 0) is 19.4 Å². The van der Waals surface area contributed by atoms with E-state index in [1.165, 1.54) is 6.07 Å². The highest BCUT2D eigenvalue weighted by atomic mass is 19.4. The molecular formula is C22H24F4N4O4. The summed E-state index contributed by atoms with van der Waals surface area (Å²) in [5.41, 5.74) is -0.830. The maximum absolute atomic E-state index is 14.5. The van der Waals surface area contributed by atoms with Crippen molar-refractivity contribution in [1.29, 1.82) is 0 Å². The van der Waals surface area contributed by atoms with Crippen LogP contribution < -0.4 is 10.6 Å². The Kier molecular flexibility index (Phi) is 7.29. The van der Waals surface area contributed by atoms with Crippen LogP contribution >= 0.6 is 0 Å². The highest BCUT2D eigenvalue weighted by Gasteiger charge is 2.35. The van der Waals surface area contributed by atoms with E-state index in [2.05, 4.69) is 20.6 Å². The lowest BCUT2D eigenvalue weighted by atomic mass is 10.1. The quantitative estimate of drug-likeness (QED) is 0.584. The normalized spacial score (nSPS) is 18.9. The van der Waals surface area contributed by atoms with Crippen LogP contribution in [0.15, 0.2) is 18.2 Å². The minimum Gasteiger partial charge on any atom is -0.379 e. The molecule has 0 bridgehead atoms. The average Bonchev–Trinajstić information content (AvgIpc) is 3.46. The monoisotopic (exact) mass is 484 g/mol. The fourth-order valence-corrected chi connectivity index (χ4v) is 3.87. The molecule has 2 saturated heterocycles. The van der Waals surface area contributed by atoms with Gasteiger partial charge < -0.3 is 24.8 Å². The van der Waals surface area contributed by atoms with Crippen LogP contribution in [0.1, 0.15) is 40.9 Å². The second-order valence-electron chi connectivity index (χ2n) is 7.99. The number of amides is 1. The van der Waals surface area contributed by atoms with Crippen molar-refractivity contribution in [2.45, 2.75) is 44.8 Å². The summed E-state index contributed by atoms with van der Waals surface area (Å²) in [5, 5.41) is 5.77. The van der Waals surface area contributed by atoms with Crippen LogP contribution in [0.3, 0.4) is 0 Å². The molecule has 0 radical (unpaired) electrons. The number of carbonyl (C=O) groups excluding carboxylic acids is 1. The standard InChI is InChI=1S/C22H24F4N4O4/c1-12-28-16(9-17(31)30-14-5-6-32-11-14)18(21-33-7-8-34-21)20(29-12)27-10-13-3-2-4-15(19(13)23)22(24,25)26/h2-4,14,21H,5-11H2,1H3,(H,30,31)(H,27,28,29)/t14-/m0/s1. The van der Waals surface area contributed by atoms with Crippen molar-refractivity contribution in [3.8, 4) is 0 Å². The number of halogens is 4. The molecule has 1 aromatic heterocycles. The Morgan fingerprint density at radius 3 is 2.62 bits per heavy atom. The summed E-state index contributed by atoms with van der Waals surface area (Å²) in [6, 6.07) is 3.00. The van der Waals surface area contributed by atoms with Crippen molar-refractivity contribution >= 4 is 11.7 Å². The maximum atomic E-state index is 14.5. The fraction of sp³-hybridized carbons (Fsp3) is 0.500. The number of carbonyl (C=O) groups is 1. The van der Waals surface area contributed by atoms with E-state index in [-0.39, 0.29) is 36.3 Å². The van der Waals surface area contributed by atoms with E-state index >= 15 is 0 Å². The molecule has 1 amide bonds. The zero-order valence-electron chi connectivity index (χ0n) is 18.4. The second kappa shape index (κ2) is 10.2. The van der Waals surface area contributed by atoms with Crippen LogP contribution in [-0.2, 0) is 38.1 Å². The molecule has 8 nitrogen and oxygen atoms in total. The Labute approximate surface area is 193 Å². The molecule has 4 rings (SSSR count). The smallest absolute Gasteiger partial charge is 0.379 e. The van der Waals surface area contributed by atoms with Crippen LogP contribution in [0.2, 0.25) is 0 Å². The molecule has 0 saturated carbocycles. The summed E-state index contributed by atoms with van der Waals surface area (Å²) in [6.45, 7) is 2.97. The molecule has 2 N–H and O–H groups in total. The summed E-state index contributed by atoms with van der Waals surface area (Å²) in [7, 11) is 0. The van der Waals surface area contributed by atoms with Crippen LogP contribution in [0.25, 0.3) is 0 Å². The molecule has 34 heavy (non-hydrogen) atoms. The van der Waals surface area contributed by atoms with Gasteiger partial charge in [-0.25, -0.2) is 14.4 Å². The minimum absolute atomic E-state index is 0.0839. The first kappa shape index (κ1) is 24.3. The Morgan fingerprint density at radius 1 is 1.18 bits per heavy atom. The van der Waals surface area contributed by atoms with E-state index < -0.39 is 23.8 Å². The summed E-state index contributed by atoms with van der Waals surface area (Å²) < 4.78 is 70.2. The number of rotatable bonds is 7. The number of alkyl halides is 3. The van der Waals surface area contributed by atoms with E-state index in [1.54, 1.807) is 6.92 Å². The van der Waals surface area contributed by atoms with Gasteiger partial charge in [-0.15, -0.1) is 0 Å². The predicted octanol–water partition coefficient (Wildman–Crippen LogP) is 3.05. The van der Waals surface area contributed by atoms with Gasteiger partial charge in [0.2, 0.25) is 5.91 Å². The van der Waals surface area contributed by atoms with Gasteiger partial charge in [0.25, 0.3) is 0 Å². The van der Waals surface area contributed by atoms with Crippen molar-refractivity contribution in [2.24, 2.45) is 0 Å². The highest BCUT2D eigenvalue weighted by Crippen LogP contribution is 2.34. The van der Waals surface area contributed by atoms with Crippen molar-refractivity contribution in [1.82, 2.24) is 15.3 Å². The Morgan fingerprint density at radius 2 is 1.94 bits per heavy atom. The first-order valence-electron chi connectivity index (χ1n) is 10.8. The Hall–Kier alpha value is -2.83. The first-order chi connectivity index (χ1) is 16.2. The zero-order chi connectivity index (χ0) is 24.3. The zero-order valence-corrected chi connectivity index (χ0v) is 18.4. The summed E-state index contributed by atoms with van der Waals surface area (Å²) in [4.78, 5) is 21.3. The lowest BCUT2D eigenvalue weighted by Gasteiger charge is -2.20. The molecule has 12 heteroatoms. The number of nitrogens with zero attached hydrogens (tertiary/aromatic N) is 2. The van der Waals surface area contributed by atoms with Gasteiger partial charge in [0, 0.05) is 18.7 Å². The molecule has 0 spiro atoms. The summed E-state index contributed by atoms with van der Waals surface area (Å²) in [6.07, 6.45) is -5.06. The number of hydrogen-bond donors (Lipinski definition) is 2. The number of anilines is 1. The number of aryl methyl sites for hydroxylation is 1. The minimum atomic E-state index is -4.81. The van der Waals surface area contributed by atoms with Gasteiger partial charge >= 0.3 is 6.18 Å². The van der Waals surface area contributed by atoms with Crippen molar-refractivity contribution < 1.29 is 36.6 Å². The number of hydrogen-bond acceptors (Lipinski definition) is 7. The third-order valence-corrected chi connectivity index (χ3v) is 5.45. The molecule has 2 fully saturated rings. The van der Waals surface area contributed by atoms with Gasteiger partial charge in [0.05, 0.1) is 49.1 Å². The summed E-state index contributed by atoms with van der Waals surface area (Å²) >= 11 is 0. The van der Waals surface area contributed by atoms with Gasteiger partial charge in [0.15, 0.2) is 6.29 Å². The van der Waals surface area contributed by atoms with Gasteiger partial charge in [0.1, 0.15) is 17.5 Å². The van der Waals surface area contributed by atoms with Crippen molar-refractivity contribution in [3.63, 3.8) is 0 Å². The molecule has 0 aliphatic carbocycles. The third-order valence-electron chi connectivity index (χ3n) is 5.45. The predicted molar refractivity (Wildman–Crippen MR) is 111 cm³/mol. The molecule has 2 aliphatic heterocycles. The van der Waals surface area contributed by atoms with Gasteiger partial charge in [-0.1, -0.05) is 12.1 Å². The molecule has 184 valence electrons. The Balaban J connectivity index is 1.60. The van der Waals surface area contributed by atoms with Crippen molar-refractivity contribution in [2.75, 3.05) is 31.7 Å². The SMILES string of the molecule is Cc1nc(CC(=O)N[C@H]2CCOC2)c(C2OCCO2)c(NCc2cccc(C(F)(F)F)c2F)n1. The molecular weight excluding hydrogens is 460 g/mol. The van der Waals surface area contributed by atoms with E-state index in [4.69, 9.17) is 14.2 Å². The van der Waals surface area contributed by atoms with Gasteiger partial charge in [-0.3, -0.25) is 4.79 Å². The molecule has 0 unspecified atom stereocenters. The van der Waals surface area contributed by atoms with E-state index in [0.29, 0.717) is 56.0 Å².